The molecule has 0 saturated heterocycles. The second kappa shape index (κ2) is 3.45. The predicted octanol–water partition coefficient (Wildman–Crippen LogP) is 0.444. The van der Waals surface area contributed by atoms with Crippen LogP contribution in [0.4, 0.5) is 0 Å². The molecule has 0 aliphatic carbocycles. The lowest BCUT2D eigenvalue weighted by Gasteiger charge is -2.11. The molecule has 3 N–H and O–H groups in total. The van der Waals surface area contributed by atoms with Crippen molar-refractivity contribution in [1.82, 2.24) is 0 Å². The van der Waals surface area contributed by atoms with E-state index < -0.39 is 36.9 Å². The first kappa shape index (κ1) is 2.23. The topological polar surface area (TPSA) is 63.3 Å². The third-order valence-corrected chi connectivity index (χ3v) is 0.842. The van der Waals surface area contributed by atoms with Crippen molar-refractivity contribution >= 4 is 5.97 Å². The van der Waals surface area contributed by atoms with Gasteiger partial charge in [-0.3, -0.25) is 4.79 Å². The Morgan fingerprint density at radius 2 is 2.89 bits per heavy atom. The summed E-state index contributed by atoms with van der Waals surface area (Å²) in [6.07, 6.45) is -0.492. The van der Waals surface area contributed by atoms with Crippen molar-refractivity contribution < 1.29 is 19.6 Å². The van der Waals surface area contributed by atoms with E-state index in [4.69, 9.17) is 14.8 Å². The predicted molar refractivity (Wildman–Crippen MR) is 35.1 cm³/mol. The van der Waals surface area contributed by atoms with Crippen LogP contribution in [-0.2, 0) is 4.79 Å². The lowest BCUT2D eigenvalue weighted by atomic mass is 10.0. The quantitative estimate of drug-likeness (QED) is 0.592. The van der Waals surface area contributed by atoms with Crippen LogP contribution in [0.5, 0.6) is 0 Å². The standard InChI is InChI=1S/C6H13NO2/c1-3-4(2)5(7)6(8)9/h4-5H,3,7H2,1-2H3,(H,8,9)/t4-,5-/m0/s1/i2D3,4D,5D/hD2. The van der Waals surface area contributed by atoms with Crippen LogP contribution in [-0.4, -0.2) is 17.1 Å². The molecule has 0 saturated carbocycles. The molecule has 3 heteroatoms. The summed E-state index contributed by atoms with van der Waals surface area (Å²) >= 11 is 0. The van der Waals surface area contributed by atoms with Gasteiger partial charge in [-0.05, 0) is 5.89 Å². The highest BCUT2D eigenvalue weighted by molar-refractivity contribution is 5.73. The molecular formula is C6H13NO2. The van der Waals surface area contributed by atoms with Gasteiger partial charge in [0.05, 0.1) is 1.37 Å². The highest BCUT2D eigenvalue weighted by Gasteiger charge is 2.17. The van der Waals surface area contributed by atoms with E-state index in [1.807, 2.05) is 0 Å². The van der Waals surface area contributed by atoms with Gasteiger partial charge in [-0.25, -0.2) is 0 Å². The number of carbonyl (C=O) groups is 1. The first-order valence-electron chi connectivity index (χ1n) is 5.86. The van der Waals surface area contributed by atoms with Crippen molar-refractivity contribution in [1.29, 1.82) is 0 Å². The summed E-state index contributed by atoms with van der Waals surface area (Å²) in [5, 5.41) is 8.79. The van der Waals surface area contributed by atoms with E-state index in [2.05, 4.69) is 0 Å². The molecule has 0 amide bonds. The first-order valence-corrected chi connectivity index (χ1v) is 2.46. The maximum Gasteiger partial charge on any atom is 0.320 e. The third kappa shape index (κ3) is 2.46. The number of hydrogen-bond acceptors (Lipinski definition) is 2. The van der Waals surface area contributed by atoms with Crippen LogP contribution in [0.15, 0.2) is 0 Å². The van der Waals surface area contributed by atoms with E-state index in [0.29, 0.717) is 0 Å². The molecule has 0 aromatic heterocycles. The Hall–Kier alpha value is -0.570. The van der Waals surface area contributed by atoms with Crippen LogP contribution >= 0.6 is 0 Å². The smallest absolute Gasteiger partial charge is 0.320 e. The van der Waals surface area contributed by atoms with Gasteiger partial charge in [0.1, 0.15) is 8.84 Å². The zero-order valence-electron chi connectivity index (χ0n) is 12.0. The zero-order chi connectivity index (χ0) is 13.4. The van der Waals surface area contributed by atoms with Crippen LogP contribution in [0, 0.1) is 5.89 Å². The van der Waals surface area contributed by atoms with Crippen molar-refractivity contribution in [2.24, 2.45) is 11.6 Å². The van der Waals surface area contributed by atoms with Crippen LogP contribution in [0.3, 0.4) is 0 Å². The van der Waals surface area contributed by atoms with Crippen LogP contribution in [0.2, 0.25) is 2.82 Å². The normalized spacial score (nSPS) is 36.9. The second-order valence-corrected chi connectivity index (χ2v) is 1.49. The number of nitrogens with two attached hydrogens (primary N) is 1. The van der Waals surface area contributed by atoms with Crippen molar-refractivity contribution in [3.63, 3.8) is 0 Å². The summed E-state index contributed by atoms with van der Waals surface area (Å²) in [7, 11) is 0. The van der Waals surface area contributed by atoms with E-state index in [0.717, 1.165) is 0 Å². The number of carboxylic acids is 1. The Morgan fingerprint density at radius 3 is 3.00 bits per heavy atom. The van der Waals surface area contributed by atoms with Gasteiger partial charge in [0.25, 0.3) is 0 Å². The molecular weight excluding hydrogens is 118 g/mol. The van der Waals surface area contributed by atoms with Crippen molar-refractivity contribution in [3.8, 4) is 0 Å². The van der Waals surface area contributed by atoms with E-state index >= 15 is 0 Å². The number of carboxylic acid groups (broad SMARTS) is 1. The molecule has 0 aromatic rings. The van der Waals surface area contributed by atoms with Crippen LogP contribution in [0.1, 0.15) is 27.1 Å². The Morgan fingerprint density at radius 1 is 2.22 bits per heavy atom. The molecule has 0 heterocycles. The molecule has 3 nitrogen and oxygen atoms in total. The van der Waals surface area contributed by atoms with Gasteiger partial charge in [-0.1, -0.05) is 20.2 Å². The third-order valence-electron chi connectivity index (χ3n) is 0.842. The fraction of sp³-hybridized carbons (Fsp3) is 0.833. The molecule has 0 unspecified atom stereocenters. The lowest BCUT2D eigenvalue weighted by Crippen LogP contribution is -2.36. The summed E-state index contributed by atoms with van der Waals surface area (Å²) in [4.78, 5) is 10.9. The molecule has 0 spiro atoms. The fourth-order valence-electron chi connectivity index (χ4n) is 0.297. The highest BCUT2D eigenvalue weighted by Crippen LogP contribution is 2.04. The molecule has 0 fully saturated rings. The van der Waals surface area contributed by atoms with Gasteiger partial charge < -0.3 is 10.8 Å². The van der Waals surface area contributed by atoms with Gasteiger partial charge in [0.2, 0.25) is 0 Å². The van der Waals surface area contributed by atoms with Crippen LogP contribution < -0.4 is 5.72 Å². The summed E-state index contributed by atoms with van der Waals surface area (Å²) < 4.78 is 50.1. The van der Waals surface area contributed by atoms with Gasteiger partial charge in [0.15, 0.2) is 0 Å². The van der Waals surface area contributed by atoms with Gasteiger partial charge in [-0.2, -0.15) is 0 Å². The molecule has 0 aliphatic heterocycles. The monoisotopic (exact) mass is 138 g/mol. The van der Waals surface area contributed by atoms with Crippen molar-refractivity contribution in [2.45, 2.75) is 26.2 Å². The van der Waals surface area contributed by atoms with E-state index in [1.54, 1.807) is 0 Å². The second-order valence-electron chi connectivity index (χ2n) is 1.49. The first-order chi connectivity index (χ1) is 6.95. The highest BCUT2D eigenvalue weighted by atomic mass is 16.4. The molecule has 54 valence electrons. The molecule has 9 heavy (non-hydrogen) atoms. The summed E-state index contributed by atoms with van der Waals surface area (Å²) in [6.45, 7) is -1.85. The Balaban J connectivity index is 5.77. The Kier molecular flexibility index (Phi) is 0.858. The number of hydrogen-bond donors (Lipinski definition) is 2. The van der Waals surface area contributed by atoms with Crippen molar-refractivity contribution in [3.05, 3.63) is 0 Å². The average molecular weight is 138 g/mol. The van der Waals surface area contributed by atoms with Crippen molar-refractivity contribution in [2.75, 3.05) is 0 Å². The SMILES string of the molecule is [2H]N([2H])[C@]([2H])(C(=O)O)[C@]([2H])(CC)C([2H])([2H])[2H]. The molecule has 0 rings (SSSR count). The van der Waals surface area contributed by atoms with E-state index in [9.17, 15) is 4.79 Å². The maximum absolute atomic E-state index is 10.9. The minimum atomic E-state index is -3.17. The molecule has 2 atom stereocenters. The molecule has 0 aromatic carbocycles. The minimum absolute atomic E-state index is 0.492. The number of rotatable bonds is 4. The summed E-state index contributed by atoms with van der Waals surface area (Å²) in [6, 6.07) is -3.17. The molecule has 0 radical (unpaired) electrons. The fourth-order valence-corrected chi connectivity index (χ4v) is 0.297. The zero-order valence-corrected chi connectivity index (χ0v) is 5.01. The van der Waals surface area contributed by atoms with Gasteiger partial charge >= 0.3 is 5.97 Å². The van der Waals surface area contributed by atoms with E-state index in [-0.39, 0.29) is 0 Å². The molecule has 0 aliphatic rings. The van der Waals surface area contributed by atoms with Crippen LogP contribution in [0.25, 0.3) is 0 Å². The minimum Gasteiger partial charge on any atom is -0.480 e. The average Bonchev–Trinajstić information content (AvgIpc) is 2.12. The van der Waals surface area contributed by atoms with Gasteiger partial charge in [-0.15, -0.1) is 0 Å². The maximum atomic E-state index is 10.9. The van der Waals surface area contributed by atoms with Gasteiger partial charge in [0, 0.05) is 5.48 Å². The largest absolute Gasteiger partial charge is 0.480 e. The summed E-state index contributed by atoms with van der Waals surface area (Å²) in [5.41, 5.74) is -0.557. The van der Waals surface area contributed by atoms with E-state index in [1.165, 1.54) is 6.92 Å². The molecule has 0 bridgehead atoms. The Labute approximate surface area is 64.8 Å². The number of aliphatic carboxylic acids is 1. The Bertz CT molecular complexity index is 281. The summed E-state index contributed by atoms with van der Waals surface area (Å²) in [5.74, 6) is -4.76. The lowest BCUT2D eigenvalue weighted by molar-refractivity contribution is -0.139.